The minimum atomic E-state index is -0.179. The molecule has 0 aliphatic rings. The fraction of sp³-hybridized carbons (Fsp3) is 0.400. The monoisotopic (exact) mass is 186 g/mol. The molecule has 0 aliphatic carbocycles. The van der Waals surface area contributed by atoms with Crippen LogP contribution < -0.4 is 0 Å². The van der Waals surface area contributed by atoms with E-state index in [-0.39, 0.29) is 5.82 Å². The largest absolute Gasteiger partial charge is 0.207 e. The molecule has 0 saturated carbocycles. The van der Waals surface area contributed by atoms with E-state index in [1.165, 1.54) is 0 Å². The van der Waals surface area contributed by atoms with Gasteiger partial charge in [0.1, 0.15) is 5.82 Å². The van der Waals surface area contributed by atoms with Crippen molar-refractivity contribution < 1.29 is 4.39 Å². The van der Waals surface area contributed by atoms with Crippen molar-refractivity contribution in [1.29, 1.82) is 0 Å². The zero-order chi connectivity index (χ0) is 9.14. The van der Waals surface area contributed by atoms with Gasteiger partial charge in [-0.05, 0) is 30.5 Å². The molecule has 0 bridgehead atoms. The molecule has 0 aromatic heterocycles. The van der Waals surface area contributed by atoms with E-state index >= 15 is 0 Å². The standard InChI is InChI=1S/C10H12ClF/c1-3-7-5-9(11)8(4-2)10(12)6-7/h5-6H,3-4H2,1-2H3. The minimum absolute atomic E-state index is 0.179. The number of aryl methyl sites for hydroxylation is 1. The molecule has 0 amide bonds. The smallest absolute Gasteiger partial charge is 0.128 e. The van der Waals surface area contributed by atoms with E-state index in [0.717, 1.165) is 12.0 Å². The van der Waals surface area contributed by atoms with E-state index < -0.39 is 0 Å². The van der Waals surface area contributed by atoms with Crippen LogP contribution in [0.1, 0.15) is 25.0 Å². The highest BCUT2D eigenvalue weighted by Gasteiger charge is 2.06. The van der Waals surface area contributed by atoms with E-state index in [4.69, 9.17) is 11.6 Å². The summed E-state index contributed by atoms with van der Waals surface area (Å²) in [6.07, 6.45) is 1.47. The van der Waals surface area contributed by atoms with Crippen molar-refractivity contribution in [3.05, 3.63) is 34.1 Å². The van der Waals surface area contributed by atoms with Crippen LogP contribution >= 0.6 is 11.6 Å². The molecule has 0 saturated heterocycles. The Kier molecular flexibility index (Phi) is 3.10. The van der Waals surface area contributed by atoms with Gasteiger partial charge in [-0.25, -0.2) is 4.39 Å². The molecule has 0 aliphatic heterocycles. The molecule has 1 aromatic carbocycles. The zero-order valence-corrected chi connectivity index (χ0v) is 8.08. The average molecular weight is 187 g/mol. The molecule has 0 atom stereocenters. The average Bonchev–Trinajstić information content (AvgIpc) is 2.03. The Morgan fingerprint density at radius 2 is 1.92 bits per heavy atom. The topological polar surface area (TPSA) is 0 Å². The van der Waals surface area contributed by atoms with Crippen LogP contribution in [0.3, 0.4) is 0 Å². The first-order valence-electron chi connectivity index (χ1n) is 4.15. The normalized spacial score (nSPS) is 10.3. The lowest BCUT2D eigenvalue weighted by Gasteiger charge is -2.05. The van der Waals surface area contributed by atoms with E-state index in [9.17, 15) is 4.39 Å². The summed E-state index contributed by atoms with van der Waals surface area (Å²) in [4.78, 5) is 0. The van der Waals surface area contributed by atoms with Crippen molar-refractivity contribution in [3.8, 4) is 0 Å². The maximum atomic E-state index is 13.2. The van der Waals surface area contributed by atoms with Gasteiger partial charge in [-0.15, -0.1) is 0 Å². The summed E-state index contributed by atoms with van der Waals surface area (Å²) in [5.74, 6) is -0.179. The third-order valence-electron chi connectivity index (χ3n) is 1.96. The van der Waals surface area contributed by atoms with E-state index in [1.54, 1.807) is 6.07 Å². The highest BCUT2D eigenvalue weighted by molar-refractivity contribution is 6.31. The fourth-order valence-corrected chi connectivity index (χ4v) is 1.56. The lowest BCUT2D eigenvalue weighted by Crippen LogP contribution is -1.92. The van der Waals surface area contributed by atoms with Crippen molar-refractivity contribution in [1.82, 2.24) is 0 Å². The van der Waals surface area contributed by atoms with Crippen molar-refractivity contribution >= 4 is 11.6 Å². The fourth-order valence-electron chi connectivity index (χ4n) is 1.20. The second kappa shape index (κ2) is 3.90. The second-order valence-corrected chi connectivity index (χ2v) is 3.15. The molecular weight excluding hydrogens is 175 g/mol. The molecule has 2 heteroatoms. The first kappa shape index (κ1) is 9.53. The van der Waals surface area contributed by atoms with Gasteiger partial charge in [-0.3, -0.25) is 0 Å². The first-order valence-corrected chi connectivity index (χ1v) is 4.53. The Balaban J connectivity index is 3.18. The van der Waals surface area contributed by atoms with Gasteiger partial charge in [0.25, 0.3) is 0 Å². The van der Waals surface area contributed by atoms with Gasteiger partial charge in [0.2, 0.25) is 0 Å². The number of hydrogen-bond donors (Lipinski definition) is 0. The highest BCUT2D eigenvalue weighted by atomic mass is 35.5. The minimum Gasteiger partial charge on any atom is -0.207 e. The van der Waals surface area contributed by atoms with Gasteiger partial charge < -0.3 is 0 Å². The molecule has 0 radical (unpaired) electrons. The Hall–Kier alpha value is -0.560. The summed E-state index contributed by atoms with van der Waals surface area (Å²) in [5, 5.41) is 0.550. The molecule has 1 rings (SSSR count). The predicted molar refractivity (Wildman–Crippen MR) is 50.2 cm³/mol. The SMILES string of the molecule is CCc1cc(F)c(CC)c(Cl)c1. The van der Waals surface area contributed by atoms with Crippen LogP contribution in [0.2, 0.25) is 5.02 Å². The summed E-state index contributed by atoms with van der Waals surface area (Å²) in [5.41, 5.74) is 1.57. The third-order valence-corrected chi connectivity index (χ3v) is 2.30. The maximum absolute atomic E-state index is 13.2. The summed E-state index contributed by atoms with van der Waals surface area (Å²) in [7, 11) is 0. The molecule has 0 spiro atoms. The Bertz CT molecular complexity index is 258. The molecule has 0 unspecified atom stereocenters. The van der Waals surface area contributed by atoms with Crippen LogP contribution in [0.15, 0.2) is 12.1 Å². The number of halogens is 2. The zero-order valence-electron chi connectivity index (χ0n) is 7.32. The third kappa shape index (κ3) is 1.78. The van der Waals surface area contributed by atoms with E-state index in [2.05, 4.69) is 0 Å². The number of benzene rings is 1. The lowest BCUT2D eigenvalue weighted by atomic mass is 10.1. The second-order valence-electron chi connectivity index (χ2n) is 2.75. The molecule has 1 aromatic rings. The number of hydrogen-bond acceptors (Lipinski definition) is 0. The molecule has 12 heavy (non-hydrogen) atoms. The summed E-state index contributed by atoms with van der Waals surface area (Å²) < 4.78 is 13.2. The predicted octanol–water partition coefficient (Wildman–Crippen LogP) is 3.60. The van der Waals surface area contributed by atoms with Crippen LogP contribution in [-0.4, -0.2) is 0 Å². The summed E-state index contributed by atoms with van der Waals surface area (Å²) >= 11 is 5.87. The number of rotatable bonds is 2. The molecule has 0 N–H and O–H groups in total. The van der Waals surface area contributed by atoms with Crippen molar-refractivity contribution in [2.24, 2.45) is 0 Å². The molecular formula is C10H12ClF. The van der Waals surface area contributed by atoms with Crippen molar-refractivity contribution in [2.45, 2.75) is 26.7 Å². The molecule has 0 fully saturated rings. The van der Waals surface area contributed by atoms with Crippen LogP contribution in [0.4, 0.5) is 4.39 Å². The highest BCUT2D eigenvalue weighted by Crippen LogP contribution is 2.22. The molecule has 66 valence electrons. The Morgan fingerprint density at radius 3 is 2.33 bits per heavy atom. The van der Waals surface area contributed by atoms with Gasteiger partial charge >= 0.3 is 0 Å². The van der Waals surface area contributed by atoms with Gasteiger partial charge in [-0.2, -0.15) is 0 Å². The quantitative estimate of drug-likeness (QED) is 0.662. The van der Waals surface area contributed by atoms with E-state index in [1.807, 2.05) is 19.9 Å². The van der Waals surface area contributed by atoms with Crippen molar-refractivity contribution in [2.75, 3.05) is 0 Å². The van der Waals surface area contributed by atoms with Gasteiger partial charge in [0, 0.05) is 10.6 Å². The van der Waals surface area contributed by atoms with Crippen LogP contribution in [0.25, 0.3) is 0 Å². The maximum Gasteiger partial charge on any atom is 0.128 e. The van der Waals surface area contributed by atoms with Crippen molar-refractivity contribution in [3.63, 3.8) is 0 Å². The van der Waals surface area contributed by atoms with Crippen LogP contribution in [0, 0.1) is 5.82 Å². The Labute approximate surface area is 77.4 Å². The summed E-state index contributed by atoms with van der Waals surface area (Å²) in [6, 6.07) is 3.40. The van der Waals surface area contributed by atoms with Crippen LogP contribution in [0.5, 0.6) is 0 Å². The van der Waals surface area contributed by atoms with Crippen LogP contribution in [-0.2, 0) is 12.8 Å². The van der Waals surface area contributed by atoms with Gasteiger partial charge in [0.05, 0.1) is 0 Å². The van der Waals surface area contributed by atoms with Gasteiger partial charge in [0.15, 0.2) is 0 Å². The molecule has 0 heterocycles. The Morgan fingerprint density at radius 1 is 1.25 bits per heavy atom. The lowest BCUT2D eigenvalue weighted by molar-refractivity contribution is 0.610. The van der Waals surface area contributed by atoms with E-state index in [0.29, 0.717) is 17.0 Å². The first-order chi connectivity index (χ1) is 5.69. The van der Waals surface area contributed by atoms with Gasteiger partial charge in [-0.1, -0.05) is 25.4 Å². The summed E-state index contributed by atoms with van der Waals surface area (Å²) in [6.45, 7) is 3.88. The molecule has 0 nitrogen and oxygen atoms in total.